The first kappa shape index (κ1) is 20.1. The van der Waals surface area contributed by atoms with Crippen molar-refractivity contribution in [3.05, 3.63) is 65.7 Å². The zero-order valence-electron chi connectivity index (χ0n) is 15.2. The number of hydrogen-bond donors (Lipinski definition) is 2. The maximum absolute atomic E-state index is 12.5. The number of hydrogen-bond acceptors (Lipinski definition) is 3. The summed E-state index contributed by atoms with van der Waals surface area (Å²) in [6.07, 6.45) is 2.32. The van der Waals surface area contributed by atoms with Gasteiger partial charge in [0, 0.05) is 18.2 Å². The quantitative estimate of drug-likeness (QED) is 0.662. The van der Waals surface area contributed by atoms with E-state index < -0.39 is 10.0 Å². The van der Waals surface area contributed by atoms with Gasteiger partial charge in [0.2, 0.25) is 10.0 Å². The summed E-state index contributed by atoms with van der Waals surface area (Å²) in [6, 6.07) is 16.1. The van der Waals surface area contributed by atoms with Gasteiger partial charge in [0.25, 0.3) is 5.91 Å². The topological polar surface area (TPSA) is 75.3 Å². The van der Waals surface area contributed by atoms with Gasteiger partial charge in [-0.3, -0.25) is 4.79 Å². The van der Waals surface area contributed by atoms with Crippen molar-refractivity contribution in [3.8, 4) is 0 Å². The number of carbonyl (C=O) groups excluding carboxylic acids is 1. The van der Waals surface area contributed by atoms with Crippen molar-refractivity contribution in [1.82, 2.24) is 10.0 Å². The van der Waals surface area contributed by atoms with E-state index in [1.807, 2.05) is 44.2 Å². The minimum Gasteiger partial charge on any atom is -0.350 e. The molecule has 2 aromatic rings. The maximum atomic E-state index is 12.5. The third-order valence-corrected chi connectivity index (χ3v) is 5.63. The van der Waals surface area contributed by atoms with Crippen LogP contribution in [0.3, 0.4) is 0 Å². The molecule has 2 N–H and O–H groups in total. The van der Waals surface area contributed by atoms with E-state index in [-0.39, 0.29) is 16.8 Å². The molecule has 2 aromatic carbocycles. The molecule has 0 radical (unpaired) electrons. The molecule has 0 saturated heterocycles. The van der Waals surface area contributed by atoms with E-state index >= 15 is 0 Å². The predicted molar refractivity (Wildman–Crippen MR) is 104 cm³/mol. The van der Waals surface area contributed by atoms with Crippen molar-refractivity contribution < 1.29 is 13.2 Å². The molecule has 1 unspecified atom stereocenters. The minimum absolute atomic E-state index is 0.0406. The summed E-state index contributed by atoms with van der Waals surface area (Å²) in [4.78, 5) is 12.3. The van der Waals surface area contributed by atoms with Crippen molar-refractivity contribution >= 4 is 15.9 Å². The van der Waals surface area contributed by atoms with E-state index in [9.17, 15) is 13.2 Å². The number of carbonyl (C=O) groups is 1. The Kier molecular flexibility index (Phi) is 7.36. The summed E-state index contributed by atoms with van der Waals surface area (Å²) in [7, 11) is -3.63. The molecule has 26 heavy (non-hydrogen) atoms. The molecule has 140 valence electrons. The van der Waals surface area contributed by atoms with Crippen LogP contribution in [0.15, 0.2) is 59.5 Å². The van der Waals surface area contributed by atoms with Crippen LogP contribution in [0.4, 0.5) is 0 Å². The fourth-order valence-corrected chi connectivity index (χ4v) is 3.56. The van der Waals surface area contributed by atoms with Crippen LogP contribution in [-0.2, 0) is 16.4 Å². The van der Waals surface area contributed by atoms with Gasteiger partial charge < -0.3 is 5.32 Å². The van der Waals surface area contributed by atoms with Crippen molar-refractivity contribution in [1.29, 1.82) is 0 Å². The summed E-state index contributed by atoms with van der Waals surface area (Å²) in [5.41, 5.74) is 1.52. The fourth-order valence-electron chi connectivity index (χ4n) is 2.44. The zero-order valence-corrected chi connectivity index (χ0v) is 16.1. The third-order valence-electron chi connectivity index (χ3n) is 4.17. The molecule has 0 aliphatic carbocycles. The lowest BCUT2D eigenvalue weighted by Gasteiger charge is -2.12. The Bertz CT molecular complexity index is 820. The highest BCUT2D eigenvalue weighted by Gasteiger charge is 2.16. The molecule has 0 fully saturated rings. The lowest BCUT2D eigenvalue weighted by Crippen LogP contribution is -2.32. The first-order chi connectivity index (χ1) is 12.4. The van der Waals surface area contributed by atoms with Gasteiger partial charge in [0.05, 0.1) is 4.90 Å². The second kappa shape index (κ2) is 9.50. The van der Waals surface area contributed by atoms with Crippen LogP contribution in [0, 0.1) is 0 Å². The molecule has 0 aliphatic heterocycles. The Morgan fingerprint density at radius 2 is 1.81 bits per heavy atom. The second-order valence-electron chi connectivity index (χ2n) is 6.30. The SMILES string of the molecule is CCC(C)NC(=O)c1cccc(S(=O)(=O)NCCCc2ccccc2)c1. The number of amides is 1. The van der Waals surface area contributed by atoms with Gasteiger partial charge in [-0.25, -0.2) is 13.1 Å². The van der Waals surface area contributed by atoms with Gasteiger partial charge in [-0.15, -0.1) is 0 Å². The Morgan fingerprint density at radius 3 is 2.50 bits per heavy atom. The van der Waals surface area contributed by atoms with Crippen LogP contribution < -0.4 is 10.0 Å². The lowest BCUT2D eigenvalue weighted by molar-refractivity contribution is 0.0939. The third kappa shape index (κ3) is 5.97. The monoisotopic (exact) mass is 374 g/mol. The van der Waals surface area contributed by atoms with E-state index in [1.54, 1.807) is 12.1 Å². The molecule has 1 atom stereocenters. The molecule has 0 aromatic heterocycles. The van der Waals surface area contributed by atoms with Crippen LogP contribution in [0.5, 0.6) is 0 Å². The van der Waals surface area contributed by atoms with Gasteiger partial charge in [0.1, 0.15) is 0 Å². The van der Waals surface area contributed by atoms with Gasteiger partial charge in [-0.2, -0.15) is 0 Å². The molecule has 2 rings (SSSR count). The van der Waals surface area contributed by atoms with Crippen LogP contribution >= 0.6 is 0 Å². The molecule has 0 saturated carbocycles. The summed E-state index contributed by atoms with van der Waals surface area (Å²) < 4.78 is 27.5. The number of rotatable bonds is 9. The first-order valence-electron chi connectivity index (χ1n) is 8.87. The Morgan fingerprint density at radius 1 is 1.08 bits per heavy atom. The van der Waals surface area contributed by atoms with E-state index in [2.05, 4.69) is 10.0 Å². The lowest BCUT2D eigenvalue weighted by atomic mass is 10.1. The van der Waals surface area contributed by atoms with E-state index in [4.69, 9.17) is 0 Å². The number of aryl methyl sites for hydroxylation is 1. The predicted octanol–water partition coefficient (Wildman–Crippen LogP) is 3.13. The van der Waals surface area contributed by atoms with Crippen molar-refractivity contribution in [2.45, 2.75) is 44.0 Å². The highest BCUT2D eigenvalue weighted by atomic mass is 32.2. The minimum atomic E-state index is -3.63. The number of nitrogens with one attached hydrogen (secondary N) is 2. The zero-order chi connectivity index (χ0) is 19.0. The van der Waals surface area contributed by atoms with Crippen molar-refractivity contribution in [2.75, 3.05) is 6.54 Å². The van der Waals surface area contributed by atoms with Crippen LogP contribution in [0.1, 0.15) is 42.6 Å². The average molecular weight is 375 g/mol. The van der Waals surface area contributed by atoms with E-state index in [1.165, 1.54) is 17.7 Å². The molecule has 5 nitrogen and oxygen atoms in total. The maximum Gasteiger partial charge on any atom is 0.251 e. The van der Waals surface area contributed by atoms with Gasteiger partial charge in [-0.05, 0) is 49.9 Å². The van der Waals surface area contributed by atoms with E-state index in [0.29, 0.717) is 18.5 Å². The average Bonchev–Trinajstić information content (AvgIpc) is 2.66. The summed E-state index contributed by atoms with van der Waals surface area (Å²) in [6.45, 7) is 4.23. The fraction of sp³-hybridized carbons (Fsp3) is 0.350. The molecule has 0 heterocycles. The molecular formula is C20H26N2O3S. The van der Waals surface area contributed by atoms with Crippen LogP contribution in [-0.4, -0.2) is 26.9 Å². The van der Waals surface area contributed by atoms with E-state index in [0.717, 1.165) is 12.8 Å². The largest absolute Gasteiger partial charge is 0.350 e. The summed E-state index contributed by atoms with van der Waals surface area (Å²) in [5.74, 6) is -0.263. The Hall–Kier alpha value is -2.18. The highest BCUT2D eigenvalue weighted by Crippen LogP contribution is 2.12. The van der Waals surface area contributed by atoms with Gasteiger partial charge >= 0.3 is 0 Å². The van der Waals surface area contributed by atoms with Crippen molar-refractivity contribution in [2.24, 2.45) is 0 Å². The molecule has 0 spiro atoms. The normalized spacial score (nSPS) is 12.5. The highest BCUT2D eigenvalue weighted by molar-refractivity contribution is 7.89. The number of sulfonamides is 1. The first-order valence-corrected chi connectivity index (χ1v) is 10.3. The van der Waals surface area contributed by atoms with Gasteiger partial charge in [-0.1, -0.05) is 43.3 Å². The van der Waals surface area contributed by atoms with Crippen LogP contribution in [0.2, 0.25) is 0 Å². The second-order valence-corrected chi connectivity index (χ2v) is 8.06. The smallest absolute Gasteiger partial charge is 0.251 e. The number of benzene rings is 2. The Balaban J connectivity index is 1.95. The Labute approximate surface area is 155 Å². The standard InChI is InChI=1S/C20H26N2O3S/c1-3-16(2)22-20(23)18-12-7-13-19(15-18)26(24,25)21-14-8-11-17-9-5-4-6-10-17/h4-7,9-10,12-13,15-16,21H,3,8,11,14H2,1-2H3,(H,22,23). The summed E-state index contributed by atoms with van der Waals surface area (Å²) >= 11 is 0. The molecule has 6 heteroatoms. The molecular weight excluding hydrogens is 348 g/mol. The molecule has 1 amide bonds. The summed E-state index contributed by atoms with van der Waals surface area (Å²) in [5, 5.41) is 2.84. The van der Waals surface area contributed by atoms with Crippen LogP contribution in [0.25, 0.3) is 0 Å². The van der Waals surface area contributed by atoms with Gasteiger partial charge in [0.15, 0.2) is 0 Å². The molecule has 0 bridgehead atoms. The van der Waals surface area contributed by atoms with Crippen molar-refractivity contribution in [3.63, 3.8) is 0 Å². The molecule has 0 aliphatic rings.